The van der Waals surface area contributed by atoms with E-state index in [1.807, 2.05) is 0 Å². The number of likely N-dealkylation sites (tertiary alicyclic amines) is 1. The van der Waals surface area contributed by atoms with Gasteiger partial charge >= 0.3 is 0 Å². The van der Waals surface area contributed by atoms with Crippen molar-refractivity contribution in [2.24, 2.45) is 5.92 Å². The zero-order valence-corrected chi connectivity index (χ0v) is 13.3. The minimum atomic E-state index is 0.632. The predicted octanol–water partition coefficient (Wildman–Crippen LogP) is 3.66. The van der Waals surface area contributed by atoms with Gasteiger partial charge in [0.05, 0.1) is 0 Å². The number of fused-ring (bicyclic) bond motifs is 1. The van der Waals surface area contributed by atoms with Crippen LogP contribution in [0.15, 0.2) is 0 Å². The Balaban J connectivity index is 1.48. The van der Waals surface area contributed by atoms with E-state index in [-0.39, 0.29) is 0 Å². The Bertz CT molecular complexity index is 351. The lowest BCUT2D eigenvalue weighted by Gasteiger charge is -2.42. The molecule has 0 aromatic heterocycles. The molecule has 4 atom stereocenters. The van der Waals surface area contributed by atoms with Gasteiger partial charge in [0.15, 0.2) is 0 Å². The summed E-state index contributed by atoms with van der Waals surface area (Å²) in [6, 6.07) is 1.86. The predicted molar refractivity (Wildman–Crippen MR) is 83.9 cm³/mol. The van der Waals surface area contributed by atoms with Crippen LogP contribution in [-0.2, 0) is 0 Å². The summed E-state index contributed by atoms with van der Waals surface area (Å²) in [6.07, 6.45) is 14.8. The van der Waals surface area contributed by atoms with Gasteiger partial charge in [0.1, 0.15) is 0 Å². The van der Waals surface area contributed by atoms with E-state index in [1.54, 1.807) is 0 Å². The molecule has 4 rings (SSSR count). The van der Waals surface area contributed by atoms with Crippen molar-refractivity contribution in [2.75, 3.05) is 19.6 Å². The summed E-state index contributed by atoms with van der Waals surface area (Å²) in [5.74, 6) is 1.00. The maximum absolute atomic E-state index is 2.97. The van der Waals surface area contributed by atoms with Crippen molar-refractivity contribution in [1.29, 1.82) is 0 Å². The van der Waals surface area contributed by atoms with E-state index in [2.05, 4.69) is 16.7 Å². The molecule has 3 heterocycles. The van der Waals surface area contributed by atoms with E-state index in [1.165, 1.54) is 83.8 Å². The summed E-state index contributed by atoms with van der Waals surface area (Å²) in [5, 5.41) is 0. The van der Waals surface area contributed by atoms with E-state index in [0.29, 0.717) is 5.54 Å². The highest BCUT2D eigenvalue weighted by atomic mass is 15.3. The van der Waals surface area contributed by atoms with Crippen molar-refractivity contribution in [3.8, 4) is 0 Å². The third-order valence-electron chi connectivity index (χ3n) is 7.24. The van der Waals surface area contributed by atoms with Crippen LogP contribution in [-0.4, -0.2) is 47.1 Å². The van der Waals surface area contributed by atoms with Gasteiger partial charge in [-0.25, -0.2) is 0 Å². The fraction of sp³-hybridized carbons (Fsp3) is 1.00. The van der Waals surface area contributed by atoms with E-state index in [0.717, 1.165) is 18.0 Å². The highest BCUT2D eigenvalue weighted by molar-refractivity contribution is 5.05. The number of hydrogen-bond acceptors (Lipinski definition) is 2. The smallest absolute Gasteiger partial charge is 0.0238 e. The molecule has 1 saturated carbocycles. The number of rotatable bonds is 3. The zero-order chi connectivity index (χ0) is 13.6. The lowest BCUT2D eigenvalue weighted by molar-refractivity contribution is 0.0638. The lowest BCUT2D eigenvalue weighted by atomic mass is 9.82. The van der Waals surface area contributed by atoms with E-state index >= 15 is 0 Å². The topological polar surface area (TPSA) is 6.48 Å². The molecule has 4 fully saturated rings. The highest BCUT2D eigenvalue weighted by Gasteiger charge is 2.50. The first kappa shape index (κ1) is 13.6. The molecule has 0 radical (unpaired) electrons. The molecule has 114 valence electrons. The second-order valence-electron chi connectivity index (χ2n) is 7.92. The zero-order valence-electron chi connectivity index (χ0n) is 13.3. The van der Waals surface area contributed by atoms with Crippen LogP contribution in [0.2, 0.25) is 0 Å². The standard InChI is InChI=1S/C18H32N2/c1-2-15-6-3-10-18(15)11-5-12-19(18)14-17-9-8-16-7-4-13-20(16)17/h15-17H,2-14H2,1H3. The third-order valence-corrected chi connectivity index (χ3v) is 7.24. The normalized spacial score (nSPS) is 45.8. The largest absolute Gasteiger partial charge is 0.296 e. The molecule has 0 aromatic carbocycles. The Morgan fingerprint density at radius 1 is 0.950 bits per heavy atom. The van der Waals surface area contributed by atoms with Crippen LogP contribution < -0.4 is 0 Å². The average molecular weight is 276 g/mol. The van der Waals surface area contributed by atoms with Gasteiger partial charge in [-0.3, -0.25) is 9.80 Å². The molecule has 0 aromatic rings. The third kappa shape index (κ3) is 1.98. The Morgan fingerprint density at radius 2 is 1.85 bits per heavy atom. The van der Waals surface area contributed by atoms with Crippen LogP contribution in [0.1, 0.15) is 71.1 Å². The van der Waals surface area contributed by atoms with Crippen LogP contribution in [0.3, 0.4) is 0 Å². The molecule has 2 nitrogen and oxygen atoms in total. The van der Waals surface area contributed by atoms with Gasteiger partial charge in [-0.1, -0.05) is 19.8 Å². The number of nitrogens with zero attached hydrogens (tertiary/aromatic N) is 2. The van der Waals surface area contributed by atoms with Gasteiger partial charge in [-0.15, -0.1) is 0 Å². The molecule has 20 heavy (non-hydrogen) atoms. The quantitative estimate of drug-likeness (QED) is 0.776. The minimum absolute atomic E-state index is 0.632. The first-order valence-electron chi connectivity index (χ1n) is 9.34. The van der Waals surface area contributed by atoms with E-state index in [4.69, 9.17) is 0 Å². The molecule has 4 aliphatic rings. The molecule has 3 saturated heterocycles. The molecular formula is C18H32N2. The summed E-state index contributed by atoms with van der Waals surface area (Å²) in [7, 11) is 0. The SMILES string of the molecule is CCC1CCCC12CCCN2CC1CCC2CCCN21. The maximum atomic E-state index is 2.97. The van der Waals surface area contributed by atoms with Crippen molar-refractivity contribution >= 4 is 0 Å². The van der Waals surface area contributed by atoms with Gasteiger partial charge < -0.3 is 0 Å². The van der Waals surface area contributed by atoms with Crippen LogP contribution in [0.4, 0.5) is 0 Å². The van der Waals surface area contributed by atoms with Crippen LogP contribution >= 0.6 is 0 Å². The number of hydrogen-bond donors (Lipinski definition) is 0. The Hall–Kier alpha value is -0.0800. The van der Waals surface area contributed by atoms with Crippen molar-refractivity contribution < 1.29 is 0 Å². The van der Waals surface area contributed by atoms with Crippen LogP contribution in [0, 0.1) is 5.92 Å². The summed E-state index contributed by atoms with van der Waals surface area (Å²) in [4.78, 5) is 5.85. The van der Waals surface area contributed by atoms with Crippen molar-refractivity contribution in [3.05, 3.63) is 0 Å². The Labute approximate surface area is 124 Å². The van der Waals surface area contributed by atoms with E-state index in [9.17, 15) is 0 Å². The highest BCUT2D eigenvalue weighted by Crippen LogP contribution is 2.49. The molecule has 1 spiro atoms. The molecule has 2 heteroatoms. The lowest BCUT2D eigenvalue weighted by Crippen LogP contribution is -2.51. The molecular weight excluding hydrogens is 244 g/mol. The van der Waals surface area contributed by atoms with E-state index < -0.39 is 0 Å². The fourth-order valence-corrected chi connectivity index (χ4v) is 6.34. The van der Waals surface area contributed by atoms with Crippen LogP contribution in [0.25, 0.3) is 0 Å². The fourth-order valence-electron chi connectivity index (χ4n) is 6.34. The molecule has 0 amide bonds. The Kier molecular flexibility index (Phi) is 3.58. The summed E-state index contributed by atoms with van der Waals surface area (Å²) in [5.41, 5.74) is 0.632. The summed E-state index contributed by atoms with van der Waals surface area (Å²) in [6.45, 7) is 6.62. The van der Waals surface area contributed by atoms with Gasteiger partial charge in [0.2, 0.25) is 0 Å². The first-order chi connectivity index (χ1) is 9.83. The maximum Gasteiger partial charge on any atom is 0.0238 e. The minimum Gasteiger partial charge on any atom is -0.296 e. The van der Waals surface area contributed by atoms with Gasteiger partial charge in [0.25, 0.3) is 0 Å². The van der Waals surface area contributed by atoms with Crippen molar-refractivity contribution in [2.45, 2.75) is 88.8 Å². The first-order valence-corrected chi connectivity index (χ1v) is 9.34. The second-order valence-corrected chi connectivity index (χ2v) is 7.92. The monoisotopic (exact) mass is 276 g/mol. The molecule has 3 aliphatic heterocycles. The van der Waals surface area contributed by atoms with Gasteiger partial charge in [0, 0.05) is 24.2 Å². The molecule has 0 N–H and O–H groups in total. The summed E-state index contributed by atoms with van der Waals surface area (Å²) < 4.78 is 0. The second kappa shape index (κ2) is 5.28. The van der Waals surface area contributed by atoms with Gasteiger partial charge in [-0.2, -0.15) is 0 Å². The molecule has 1 aliphatic carbocycles. The van der Waals surface area contributed by atoms with Gasteiger partial charge in [-0.05, 0) is 70.4 Å². The Morgan fingerprint density at radius 3 is 2.75 bits per heavy atom. The average Bonchev–Trinajstić information content (AvgIpc) is 3.19. The van der Waals surface area contributed by atoms with Crippen LogP contribution in [0.5, 0.6) is 0 Å². The summed E-state index contributed by atoms with van der Waals surface area (Å²) >= 11 is 0. The van der Waals surface area contributed by atoms with Crippen molar-refractivity contribution in [3.63, 3.8) is 0 Å². The molecule has 0 bridgehead atoms. The molecule has 4 unspecified atom stereocenters. The van der Waals surface area contributed by atoms with Crippen molar-refractivity contribution in [1.82, 2.24) is 9.80 Å².